The molecule has 1 amide bonds. The zero-order valence-electron chi connectivity index (χ0n) is 21.3. The maximum absolute atomic E-state index is 14.3. The van der Waals surface area contributed by atoms with Gasteiger partial charge in [0, 0.05) is 33.8 Å². The second-order valence-corrected chi connectivity index (χ2v) is 10.3. The number of methoxy groups -OCH3 is 1. The van der Waals surface area contributed by atoms with Crippen LogP contribution in [-0.2, 0) is 17.8 Å². The van der Waals surface area contributed by atoms with E-state index in [1.807, 2.05) is 48.5 Å². The second kappa shape index (κ2) is 10.6. The first-order valence-corrected chi connectivity index (χ1v) is 13.3. The van der Waals surface area contributed by atoms with Crippen molar-refractivity contribution in [2.24, 2.45) is 4.99 Å². The first-order chi connectivity index (χ1) is 19.4. The van der Waals surface area contributed by atoms with Crippen LogP contribution in [0.3, 0.4) is 0 Å². The van der Waals surface area contributed by atoms with E-state index in [0.717, 1.165) is 16.9 Å². The second-order valence-electron chi connectivity index (χ2n) is 9.42. The minimum Gasteiger partial charge on any atom is -0.497 e. The highest BCUT2D eigenvalue weighted by molar-refractivity contribution is 6.32. The van der Waals surface area contributed by atoms with E-state index in [9.17, 15) is 9.59 Å². The summed E-state index contributed by atoms with van der Waals surface area (Å²) in [6.07, 6.45) is 1.92. The summed E-state index contributed by atoms with van der Waals surface area (Å²) in [5, 5.41) is 1.06. The Morgan fingerprint density at radius 2 is 1.77 bits per heavy atom. The average molecular weight is 572 g/mol. The molecule has 0 saturated carbocycles. The third-order valence-electron chi connectivity index (χ3n) is 6.85. The Balaban J connectivity index is 1.52. The van der Waals surface area contributed by atoms with E-state index in [0.29, 0.717) is 56.7 Å². The maximum Gasteiger partial charge on any atom is 0.325 e. The van der Waals surface area contributed by atoms with Gasteiger partial charge in [-0.2, -0.15) is 0 Å². The van der Waals surface area contributed by atoms with Gasteiger partial charge in [0.15, 0.2) is 5.65 Å². The predicted octanol–water partition coefficient (Wildman–Crippen LogP) is 5.56. The van der Waals surface area contributed by atoms with Crippen molar-refractivity contribution in [2.45, 2.75) is 19.0 Å². The van der Waals surface area contributed by atoms with Gasteiger partial charge < -0.3 is 14.6 Å². The molecular formula is C30H23Cl2N5O3. The number of rotatable bonds is 6. The number of carbonyl (C=O) groups is 1. The molecule has 0 saturated heterocycles. The SMILES string of the molecule is COc1ccc(CN2C(=O)C(Cc3ccccc3Cl)N=C(c3cnc4[nH]c(=O)[nH]c4c3)c3cc(Cl)ccc32)cc1. The largest absolute Gasteiger partial charge is 0.497 e. The predicted molar refractivity (Wildman–Crippen MR) is 157 cm³/mol. The number of H-pyrrole nitrogens is 2. The smallest absolute Gasteiger partial charge is 0.325 e. The number of nitrogens with zero attached hydrogens (tertiary/aromatic N) is 3. The lowest BCUT2D eigenvalue weighted by molar-refractivity contribution is -0.119. The zero-order valence-corrected chi connectivity index (χ0v) is 22.8. The Bertz CT molecular complexity index is 1830. The normalized spacial score (nSPS) is 15.1. The fourth-order valence-corrected chi connectivity index (χ4v) is 5.26. The molecule has 1 aliphatic heterocycles. The summed E-state index contributed by atoms with van der Waals surface area (Å²) < 4.78 is 5.30. The molecule has 2 aromatic heterocycles. The molecule has 1 atom stereocenters. The number of nitrogens with one attached hydrogen (secondary N) is 2. The molecule has 3 heterocycles. The Morgan fingerprint density at radius 1 is 0.975 bits per heavy atom. The van der Waals surface area contributed by atoms with Gasteiger partial charge >= 0.3 is 5.69 Å². The van der Waals surface area contributed by atoms with E-state index < -0.39 is 6.04 Å². The molecule has 5 aromatic rings. The van der Waals surface area contributed by atoms with Crippen LogP contribution in [0.2, 0.25) is 10.0 Å². The number of hydrogen-bond acceptors (Lipinski definition) is 5. The van der Waals surface area contributed by atoms with Crippen molar-refractivity contribution < 1.29 is 9.53 Å². The number of halogens is 2. The number of anilines is 1. The number of benzodiazepines with no additional fused rings is 1. The number of benzene rings is 3. The van der Waals surface area contributed by atoms with Crippen LogP contribution in [0.5, 0.6) is 5.75 Å². The van der Waals surface area contributed by atoms with Crippen molar-refractivity contribution in [1.29, 1.82) is 0 Å². The molecule has 0 radical (unpaired) electrons. The first kappa shape index (κ1) is 25.9. The number of carbonyl (C=O) groups excluding carboxylic acids is 1. The summed E-state index contributed by atoms with van der Waals surface area (Å²) in [6.45, 7) is 0.307. The molecule has 0 aliphatic carbocycles. The first-order valence-electron chi connectivity index (χ1n) is 12.5. The summed E-state index contributed by atoms with van der Waals surface area (Å²) in [5.41, 5.74) is 4.84. The number of hydrogen-bond donors (Lipinski definition) is 2. The van der Waals surface area contributed by atoms with Crippen molar-refractivity contribution in [1.82, 2.24) is 15.0 Å². The summed E-state index contributed by atoms with van der Waals surface area (Å²) >= 11 is 13.0. The van der Waals surface area contributed by atoms with Crippen molar-refractivity contribution >= 4 is 51.7 Å². The highest BCUT2D eigenvalue weighted by Crippen LogP contribution is 2.34. The number of amides is 1. The van der Waals surface area contributed by atoms with Gasteiger partial charge in [-0.3, -0.25) is 14.8 Å². The molecule has 6 rings (SSSR count). The van der Waals surface area contributed by atoms with E-state index in [4.69, 9.17) is 32.9 Å². The van der Waals surface area contributed by atoms with Crippen LogP contribution in [-0.4, -0.2) is 39.7 Å². The molecule has 3 aromatic carbocycles. The van der Waals surface area contributed by atoms with Crippen LogP contribution >= 0.6 is 23.2 Å². The van der Waals surface area contributed by atoms with Gasteiger partial charge in [0.05, 0.1) is 30.6 Å². The number of imidazole rings is 1. The Hall–Kier alpha value is -4.40. The summed E-state index contributed by atoms with van der Waals surface area (Å²) in [4.78, 5) is 42.7. The van der Waals surface area contributed by atoms with Gasteiger partial charge in [-0.05, 0) is 53.6 Å². The van der Waals surface area contributed by atoms with E-state index in [1.54, 1.807) is 42.5 Å². The van der Waals surface area contributed by atoms with Crippen molar-refractivity contribution in [3.63, 3.8) is 0 Å². The van der Waals surface area contributed by atoms with Gasteiger partial charge in [0.2, 0.25) is 0 Å². The van der Waals surface area contributed by atoms with Crippen LogP contribution in [0.4, 0.5) is 5.69 Å². The van der Waals surface area contributed by atoms with Crippen LogP contribution < -0.4 is 15.3 Å². The fourth-order valence-electron chi connectivity index (χ4n) is 4.87. The molecule has 0 bridgehead atoms. The molecule has 40 heavy (non-hydrogen) atoms. The fraction of sp³-hybridized carbons (Fsp3) is 0.133. The Kier molecular flexibility index (Phi) is 6.88. The molecule has 1 aliphatic rings. The molecule has 8 nitrogen and oxygen atoms in total. The third-order valence-corrected chi connectivity index (χ3v) is 7.46. The van der Waals surface area contributed by atoms with Crippen molar-refractivity contribution in [2.75, 3.05) is 12.0 Å². The highest BCUT2D eigenvalue weighted by Gasteiger charge is 2.33. The Morgan fingerprint density at radius 3 is 2.55 bits per heavy atom. The zero-order chi connectivity index (χ0) is 27.8. The van der Waals surface area contributed by atoms with Gasteiger partial charge in [0.25, 0.3) is 5.91 Å². The number of fused-ring (bicyclic) bond motifs is 2. The minimum atomic E-state index is -0.791. The summed E-state index contributed by atoms with van der Waals surface area (Å²) in [7, 11) is 1.61. The van der Waals surface area contributed by atoms with E-state index in [2.05, 4.69) is 15.0 Å². The average Bonchev–Trinajstić information content (AvgIpc) is 3.29. The third kappa shape index (κ3) is 4.99. The maximum atomic E-state index is 14.3. The summed E-state index contributed by atoms with van der Waals surface area (Å²) in [5.74, 6) is 0.546. The van der Waals surface area contributed by atoms with Crippen LogP contribution in [0, 0.1) is 0 Å². The van der Waals surface area contributed by atoms with Gasteiger partial charge in [-0.15, -0.1) is 0 Å². The molecule has 1 unspecified atom stereocenters. The number of aromatic amines is 2. The monoisotopic (exact) mass is 571 g/mol. The number of aliphatic imine (C=N–C) groups is 1. The van der Waals surface area contributed by atoms with Crippen molar-refractivity contribution in [3.8, 4) is 5.75 Å². The molecule has 10 heteroatoms. The lowest BCUT2D eigenvalue weighted by Gasteiger charge is -2.26. The lowest BCUT2D eigenvalue weighted by Crippen LogP contribution is -2.38. The van der Waals surface area contributed by atoms with Crippen LogP contribution in [0.1, 0.15) is 22.3 Å². The summed E-state index contributed by atoms with van der Waals surface area (Å²) in [6, 6.07) is 21.4. The molecule has 2 N–H and O–H groups in total. The van der Waals surface area contributed by atoms with E-state index in [1.165, 1.54) is 0 Å². The van der Waals surface area contributed by atoms with Crippen LogP contribution in [0.25, 0.3) is 11.2 Å². The standard InChI is InChI=1S/C30H23Cl2N5O3/c1-40-21-9-6-17(7-10-21)16-37-26-11-8-20(31)14-22(26)27(19-13-24-28(33-15-19)36-30(39)35-24)34-25(29(37)38)12-18-4-2-3-5-23(18)32/h2-11,13-15,25H,12,16H2,1H3,(H2,33,35,36,39). The molecule has 0 fully saturated rings. The number of pyridine rings is 1. The van der Waals surface area contributed by atoms with Crippen LogP contribution in [0.15, 0.2) is 88.8 Å². The van der Waals surface area contributed by atoms with Gasteiger partial charge in [0.1, 0.15) is 11.8 Å². The topological polar surface area (TPSA) is 103 Å². The Labute approximate surface area is 239 Å². The number of aromatic nitrogens is 3. The quantitative estimate of drug-likeness (QED) is 0.278. The van der Waals surface area contributed by atoms with Crippen molar-refractivity contribution in [3.05, 3.63) is 122 Å². The lowest BCUT2D eigenvalue weighted by atomic mass is 10.0. The molecule has 0 spiro atoms. The minimum absolute atomic E-state index is 0.182. The van der Waals surface area contributed by atoms with Gasteiger partial charge in [-0.25, -0.2) is 9.78 Å². The molecular weight excluding hydrogens is 549 g/mol. The molecule has 200 valence electrons. The van der Waals surface area contributed by atoms with Gasteiger partial charge in [-0.1, -0.05) is 53.5 Å². The number of ether oxygens (including phenoxy) is 1. The highest BCUT2D eigenvalue weighted by atomic mass is 35.5. The van der Waals surface area contributed by atoms with E-state index in [-0.39, 0.29) is 11.6 Å². The van der Waals surface area contributed by atoms with E-state index >= 15 is 0 Å².